The van der Waals surface area contributed by atoms with E-state index in [4.69, 9.17) is 17.3 Å². The van der Waals surface area contributed by atoms with Crippen molar-refractivity contribution in [2.75, 3.05) is 11.9 Å². The summed E-state index contributed by atoms with van der Waals surface area (Å²) >= 11 is 6.14. The van der Waals surface area contributed by atoms with Crippen molar-refractivity contribution in [2.45, 2.75) is 27.2 Å². The van der Waals surface area contributed by atoms with Crippen molar-refractivity contribution >= 4 is 23.2 Å². The number of hydrogen-bond donors (Lipinski definition) is 2. The van der Waals surface area contributed by atoms with E-state index in [0.717, 1.165) is 12.0 Å². The third kappa shape index (κ3) is 4.00. The zero-order valence-corrected chi connectivity index (χ0v) is 11.9. The lowest BCUT2D eigenvalue weighted by Gasteiger charge is -2.17. The van der Waals surface area contributed by atoms with E-state index in [1.165, 1.54) is 0 Å². The fraction of sp³-hybridized carbons (Fsp3) is 0.500. The number of carbonyl (C=O) groups is 1. The maximum atomic E-state index is 12.1. The Bertz CT molecular complexity index is 418. The van der Waals surface area contributed by atoms with Gasteiger partial charge in [0.15, 0.2) is 0 Å². The zero-order chi connectivity index (χ0) is 13.7. The van der Waals surface area contributed by atoms with Gasteiger partial charge in [-0.15, -0.1) is 0 Å². The van der Waals surface area contributed by atoms with E-state index in [0.29, 0.717) is 23.2 Å². The molecule has 0 bridgehead atoms. The fourth-order valence-corrected chi connectivity index (χ4v) is 2.03. The summed E-state index contributed by atoms with van der Waals surface area (Å²) in [6.45, 7) is 6.42. The van der Waals surface area contributed by atoms with E-state index in [9.17, 15) is 4.79 Å². The van der Waals surface area contributed by atoms with Crippen molar-refractivity contribution in [3.8, 4) is 0 Å². The first-order chi connectivity index (χ1) is 8.45. The average molecular weight is 269 g/mol. The van der Waals surface area contributed by atoms with E-state index in [1.807, 2.05) is 19.1 Å². The largest absolute Gasteiger partial charge is 0.330 e. The van der Waals surface area contributed by atoms with Crippen LogP contribution in [0.3, 0.4) is 0 Å². The van der Waals surface area contributed by atoms with Gasteiger partial charge in [0.1, 0.15) is 0 Å². The maximum Gasteiger partial charge on any atom is 0.228 e. The summed E-state index contributed by atoms with van der Waals surface area (Å²) in [6, 6.07) is 5.58. The highest BCUT2D eigenvalue weighted by atomic mass is 35.5. The normalized spacial score (nSPS) is 12.6. The molecule has 0 saturated carbocycles. The summed E-state index contributed by atoms with van der Waals surface area (Å²) in [6.07, 6.45) is 0.784. The molecular formula is C14H21ClN2O. The zero-order valence-electron chi connectivity index (χ0n) is 11.2. The number of hydrogen-bond acceptors (Lipinski definition) is 2. The minimum absolute atomic E-state index is 0.0568. The van der Waals surface area contributed by atoms with Crippen LogP contribution in [-0.4, -0.2) is 12.5 Å². The third-order valence-corrected chi connectivity index (χ3v) is 3.36. The van der Waals surface area contributed by atoms with Gasteiger partial charge in [0, 0.05) is 6.54 Å². The molecule has 1 unspecified atom stereocenters. The lowest BCUT2D eigenvalue weighted by Crippen LogP contribution is -2.30. The molecule has 0 radical (unpaired) electrons. The van der Waals surface area contributed by atoms with E-state index in [1.54, 1.807) is 6.07 Å². The van der Waals surface area contributed by atoms with Crippen LogP contribution in [0.5, 0.6) is 0 Å². The molecule has 1 amide bonds. The molecule has 0 heterocycles. The highest BCUT2D eigenvalue weighted by molar-refractivity contribution is 6.34. The first-order valence-corrected chi connectivity index (χ1v) is 6.59. The Balaban J connectivity index is 2.77. The lowest BCUT2D eigenvalue weighted by atomic mass is 9.96. The van der Waals surface area contributed by atoms with Crippen LogP contribution in [0, 0.1) is 18.8 Å². The quantitative estimate of drug-likeness (QED) is 0.862. The second-order valence-corrected chi connectivity index (χ2v) is 5.37. The molecular weight excluding hydrogens is 248 g/mol. The summed E-state index contributed by atoms with van der Waals surface area (Å²) in [5, 5.41) is 3.45. The lowest BCUT2D eigenvalue weighted by molar-refractivity contribution is -0.120. The van der Waals surface area contributed by atoms with Crippen LogP contribution in [0.4, 0.5) is 5.69 Å². The Morgan fingerprint density at radius 1 is 1.44 bits per heavy atom. The first kappa shape index (κ1) is 15.0. The number of aryl methyl sites for hydroxylation is 1. The van der Waals surface area contributed by atoms with Gasteiger partial charge in [-0.1, -0.05) is 37.6 Å². The molecule has 1 atom stereocenters. The molecule has 0 aliphatic carbocycles. The van der Waals surface area contributed by atoms with Gasteiger partial charge in [0.25, 0.3) is 0 Å². The Morgan fingerprint density at radius 3 is 2.67 bits per heavy atom. The van der Waals surface area contributed by atoms with Gasteiger partial charge < -0.3 is 11.1 Å². The predicted octanol–water partition coefficient (Wildman–Crippen LogP) is 3.21. The molecule has 0 aliphatic heterocycles. The molecule has 1 rings (SSSR count). The van der Waals surface area contributed by atoms with Gasteiger partial charge in [-0.2, -0.15) is 0 Å². The van der Waals surface area contributed by atoms with Crippen molar-refractivity contribution in [3.05, 3.63) is 28.8 Å². The van der Waals surface area contributed by atoms with Crippen LogP contribution in [0.15, 0.2) is 18.2 Å². The highest BCUT2D eigenvalue weighted by Crippen LogP contribution is 2.26. The third-order valence-electron chi connectivity index (χ3n) is 2.86. The number of amides is 1. The van der Waals surface area contributed by atoms with Crippen molar-refractivity contribution in [2.24, 2.45) is 17.6 Å². The van der Waals surface area contributed by atoms with Crippen LogP contribution in [0.2, 0.25) is 5.02 Å². The van der Waals surface area contributed by atoms with E-state index < -0.39 is 0 Å². The Morgan fingerprint density at radius 2 is 2.11 bits per heavy atom. The topological polar surface area (TPSA) is 55.1 Å². The van der Waals surface area contributed by atoms with Gasteiger partial charge in [-0.3, -0.25) is 4.79 Å². The highest BCUT2D eigenvalue weighted by Gasteiger charge is 2.19. The van der Waals surface area contributed by atoms with Gasteiger partial charge >= 0.3 is 0 Å². The van der Waals surface area contributed by atoms with Crippen LogP contribution >= 0.6 is 11.6 Å². The smallest absolute Gasteiger partial charge is 0.228 e. The minimum Gasteiger partial charge on any atom is -0.330 e. The molecule has 1 aromatic carbocycles. The number of rotatable bonds is 5. The Kier molecular flexibility index (Phi) is 5.63. The minimum atomic E-state index is -0.165. The number of benzene rings is 1. The molecule has 0 spiro atoms. The molecule has 0 fully saturated rings. The average Bonchev–Trinajstić information content (AvgIpc) is 2.31. The summed E-state index contributed by atoms with van der Waals surface area (Å²) in [4.78, 5) is 12.1. The molecule has 100 valence electrons. The van der Waals surface area contributed by atoms with Crippen LogP contribution in [0.1, 0.15) is 25.8 Å². The summed E-state index contributed by atoms with van der Waals surface area (Å²) in [5.74, 6) is 0.220. The fourth-order valence-electron chi connectivity index (χ4n) is 1.86. The van der Waals surface area contributed by atoms with Crippen LogP contribution in [-0.2, 0) is 4.79 Å². The molecule has 3 N–H and O–H groups in total. The predicted molar refractivity (Wildman–Crippen MR) is 76.8 cm³/mol. The number of carbonyl (C=O) groups excluding carboxylic acids is 1. The molecule has 1 aromatic rings. The van der Waals surface area contributed by atoms with Crippen LogP contribution in [0.25, 0.3) is 0 Å². The molecule has 0 saturated heterocycles. The molecule has 18 heavy (non-hydrogen) atoms. The van der Waals surface area contributed by atoms with E-state index in [-0.39, 0.29) is 11.8 Å². The summed E-state index contributed by atoms with van der Waals surface area (Å²) < 4.78 is 0. The van der Waals surface area contributed by atoms with Gasteiger partial charge in [0.2, 0.25) is 5.91 Å². The van der Waals surface area contributed by atoms with Gasteiger partial charge in [0.05, 0.1) is 16.6 Å². The van der Waals surface area contributed by atoms with Gasteiger partial charge in [-0.05, 0) is 30.9 Å². The standard InChI is InChI=1S/C14H21ClN2O/c1-9(2)7-11(8-16)14(18)17-12-6-4-5-10(3)13(12)15/h4-6,9,11H,7-8,16H2,1-3H3,(H,17,18). The second-order valence-electron chi connectivity index (χ2n) is 4.99. The van der Waals surface area contributed by atoms with Crippen molar-refractivity contribution in [1.29, 1.82) is 0 Å². The van der Waals surface area contributed by atoms with Crippen molar-refractivity contribution in [1.82, 2.24) is 0 Å². The van der Waals surface area contributed by atoms with Crippen molar-refractivity contribution in [3.63, 3.8) is 0 Å². The molecule has 3 nitrogen and oxygen atoms in total. The Labute approximate surface area is 114 Å². The maximum absolute atomic E-state index is 12.1. The molecule has 0 aromatic heterocycles. The Hall–Kier alpha value is -1.06. The van der Waals surface area contributed by atoms with Gasteiger partial charge in [-0.25, -0.2) is 0 Å². The SMILES string of the molecule is Cc1cccc(NC(=O)C(CN)CC(C)C)c1Cl. The monoisotopic (exact) mass is 268 g/mol. The van der Waals surface area contributed by atoms with Crippen molar-refractivity contribution < 1.29 is 4.79 Å². The first-order valence-electron chi connectivity index (χ1n) is 6.21. The number of nitrogens with one attached hydrogen (secondary N) is 1. The number of halogens is 1. The second kappa shape index (κ2) is 6.76. The molecule has 4 heteroatoms. The van der Waals surface area contributed by atoms with Crippen LogP contribution < -0.4 is 11.1 Å². The van der Waals surface area contributed by atoms with E-state index >= 15 is 0 Å². The summed E-state index contributed by atoms with van der Waals surface area (Å²) in [5.41, 5.74) is 7.25. The van der Waals surface area contributed by atoms with E-state index in [2.05, 4.69) is 19.2 Å². The number of anilines is 1. The molecule has 0 aliphatic rings. The number of nitrogens with two attached hydrogens (primary N) is 1. The summed E-state index contributed by atoms with van der Waals surface area (Å²) in [7, 11) is 0.